The van der Waals surface area contributed by atoms with Crippen LogP contribution in [0.2, 0.25) is 0 Å². The Morgan fingerprint density at radius 2 is 2.00 bits per heavy atom. The van der Waals surface area contributed by atoms with Crippen LogP contribution in [0.5, 0.6) is 5.75 Å². The van der Waals surface area contributed by atoms with Crippen LogP contribution >= 0.6 is 0 Å². The van der Waals surface area contributed by atoms with Gasteiger partial charge in [0, 0.05) is 13.5 Å². The van der Waals surface area contributed by atoms with E-state index in [1.54, 1.807) is 14.0 Å². The number of ether oxygens (including phenoxy) is 2. The van der Waals surface area contributed by atoms with E-state index >= 15 is 0 Å². The monoisotopic (exact) mass is 237 g/mol. The van der Waals surface area contributed by atoms with E-state index in [0.29, 0.717) is 18.7 Å². The number of nitrogens with zero attached hydrogens (tertiary/aromatic N) is 1. The molecule has 1 atom stereocenters. The third-order valence-electron chi connectivity index (χ3n) is 2.29. The molecule has 0 amide bonds. The summed E-state index contributed by atoms with van der Waals surface area (Å²) in [6, 6.07) is 7.74. The van der Waals surface area contributed by atoms with Gasteiger partial charge in [-0.05, 0) is 31.5 Å². The predicted molar refractivity (Wildman–Crippen MR) is 67.0 cm³/mol. The third kappa shape index (κ3) is 4.87. The van der Waals surface area contributed by atoms with E-state index in [4.69, 9.17) is 14.7 Å². The van der Waals surface area contributed by atoms with Crippen LogP contribution < -0.4 is 4.74 Å². The lowest BCUT2D eigenvalue weighted by Gasteiger charge is -2.13. The number of hydrogen-bond donors (Lipinski definition) is 1. The van der Waals surface area contributed by atoms with Crippen LogP contribution in [0.1, 0.15) is 19.4 Å². The van der Waals surface area contributed by atoms with Gasteiger partial charge in [0.15, 0.2) is 0 Å². The first-order valence-electron chi connectivity index (χ1n) is 5.57. The van der Waals surface area contributed by atoms with Gasteiger partial charge in [-0.15, -0.1) is 0 Å². The molecule has 0 aromatic heterocycles. The number of rotatable bonds is 6. The first-order valence-corrected chi connectivity index (χ1v) is 5.57. The molecule has 4 heteroatoms. The van der Waals surface area contributed by atoms with E-state index in [1.165, 1.54) is 0 Å². The van der Waals surface area contributed by atoms with Crippen molar-refractivity contribution >= 4 is 5.71 Å². The average Bonchev–Trinajstić information content (AvgIpc) is 2.32. The zero-order valence-corrected chi connectivity index (χ0v) is 10.5. The summed E-state index contributed by atoms with van der Waals surface area (Å²) in [7, 11) is 1.65. The van der Waals surface area contributed by atoms with Crippen LogP contribution in [0, 0.1) is 0 Å². The van der Waals surface area contributed by atoms with E-state index in [-0.39, 0.29) is 6.10 Å². The van der Waals surface area contributed by atoms with Gasteiger partial charge in [0.05, 0.1) is 12.3 Å². The average molecular weight is 237 g/mol. The van der Waals surface area contributed by atoms with Crippen LogP contribution in [-0.2, 0) is 11.2 Å². The van der Waals surface area contributed by atoms with Gasteiger partial charge in [-0.3, -0.25) is 0 Å². The van der Waals surface area contributed by atoms with Crippen molar-refractivity contribution < 1.29 is 14.7 Å². The van der Waals surface area contributed by atoms with Crippen LogP contribution in [0.4, 0.5) is 0 Å². The van der Waals surface area contributed by atoms with Gasteiger partial charge < -0.3 is 14.7 Å². The molecule has 1 aromatic carbocycles. The Hall–Kier alpha value is -1.55. The minimum Gasteiger partial charge on any atom is -0.488 e. The number of methoxy groups -OCH3 is 1. The molecule has 0 fully saturated rings. The summed E-state index contributed by atoms with van der Waals surface area (Å²) in [4.78, 5) is 0. The molecular formula is C13H19NO3. The fraction of sp³-hybridized carbons (Fsp3) is 0.462. The Bertz CT molecular complexity index is 359. The molecule has 0 saturated heterocycles. The zero-order chi connectivity index (χ0) is 12.7. The Balaban J connectivity index is 2.55. The van der Waals surface area contributed by atoms with Crippen molar-refractivity contribution in [3.63, 3.8) is 0 Å². The molecule has 0 spiro atoms. The summed E-state index contributed by atoms with van der Waals surface area (Å²) in [6.45, 7) is 4.31. The highest BCUT2D eigenvalue weighted by Crippen LogP contribution is 2.14. The van der Waals surface area contributed by atoms with Crippen molar-refractivity contribution in [3.8, 4) is 5.75 Å². The molecule has 17 heavy (non-hydrogen) atoms. The summed E-state index contributed by atoms with van der Waals surface area (Å²) in [6.07, 6.45) is 0.677. The lowest BCUT2D eigenvalue weighted by atomic mass is 10.1. The van der Waals surface area contributed by atoms with Gasteiger partial charge in [0.2, 0.25) is 0 Å². The van der Waals surface area contributed by atoms with Crippen LogP contribution in [0.3, 0.4) is 0 Å². The Kier molecular flexibility index (Phi) is 5.49. The fourth-order valence-corrected chi connectivity index (χ4v) is 1.52. The quantitative estimate of drug-likeness (QED) is 0.470. The smallest absolute Gasteiger partial charge is 0.119 e. The highest BCUT2D eigenvalue weighted by atomic mass is 16.5. The van der Waals surface area contributed by atoms with Crippen molar-refractivity contribution in [3.05, 3.63) is 29.8 Å². The minimum absolute atomic E-state index is 0.0339. The van der Waals surface area contributed by atoms with E-state index < -0.39 is 0 Å². The second kappa shape index (κ2) is 6.91. The van der Waals surface area contributed by atoms with Crippen LogP contribution in [-0.4, -0.2) is 30.7 Å². The molecule has 0 radical (unpaired) electrons. The lowest BCUT2D eigenvalue weighted by Crippen LogP contribution is -2.17. The van der Waals surface area contributed by atoms with Crippen molar-refractivity contribution in [2.24, 2.45) is 5.16 Å². The molecule has 94 valence electrons. The largest absolute Gasteiger partial charge is 0.488 e. The van der Waals surface area contributed by atoms with Crippen molar-refractivity contribution in [1.29, 1.82) is 0 Å². The highest BCUT2D eigenvalue weighted by Gasteiger charge is 2.03. The van der Waals surface area contributed by atoms with Crippen molar-refractivity contribution in [2.45, 2.75) is 26.4 Å². The molecule has 0 aliphatic heterocycles. The number of benzene rings is 1. The van der Waals surface area contributed by atoms with E-state index in [0.717, 1.165) is 11.3 Å². The van der Waals surface area contributed by atoms with Crippen LogP contribution in [0.15, 0.2) is 29.4 Å². The van der Waals surface area contributed by atoms with Crippen molar-refractivity contribution in [1.82, 2.24) is 0 Å². The predicted octanol–water partition coefficient (Wildman–Crippen LogP) is 2.49. The maximum absolute atomic E-state index is 8.58. The van der Waals surface area contributed by atoms with E-state index in [1.807, 2.05) is 31.2 Å². The molecule has 4 nitrogen and oxygen atoms in total. The molecule has 0 saturated carbocycles. The summed E-state index contributed by atoms with van der Waals surface area (Å²) >= 11 is 0. The van der Waals surface area contributed by atoms with Gasteiger partial charge in [-0.1, -0.05) is 17.3 Å². The number of oxime groups is 1. The Morgan fingerprint density at radius 3 is 2.53 bits per heavy atom. The third-order valence-corrected chi connectivity index (χ3v) is 2.29. The summed E-state index contributed by atoms with van der Waals surface area (Å²) in [5, 5.41) is 11.7. The second-order valence-electron chi connectivity index (χ2n) is 4.04. The van der Waals surface area contributed by atoms with Crippen LogP contribution in [0.25, 0.3) is 0 Å². The van der Waals surface area contributed by atoms with E-state index in [2.05, 4.69) is 5.16 Å². The maximum Gasteiger partial charge on any atom is 0.119 e. The molecule has 1 unspecified atom stereocenters. The van der Waals surface area contributed by atoms with Crippen molar-refractivity contribution in [2.75, 3.05) is 13.7 Å². The molecule has 0 heterocycles. The standard InChI is InChI=1S/C13H19NO3/c1-10(14-15)8-12-4-6-13(7-5-12)17-11(2)9-16-3/h4-7,11,15H,8-9H2,1-3H3/b14-10+. The molecule has 0 aliphatic rings. The molecule has 1 aromatic rings. The maximum atomic E-state index is 8.58. The summed E-state index contributed by atoms with van der Waals surface area (Å²) < 4.78 is 10.6. The second-order valence-corrected chi connectivity index (χ2v) is 4.04. The zero-order valence-electron chi connectivity index (χ0n) is 10.5. The molecule has 0 bridgehead atoms. The fourth-order valence-electron chi connectivity index (χ4n) is 1.52. The number of hydrogen-bond acceptors (Lipinski definition) is 4. The first-order chi connectivity index (χ1) is 8.15. The first kappa shape index (κ1) is 13.5. The van der Waals surface area contributed by atoms with Gasteiger partial charge in [-0.2, -0.15) is 0 Å². The SMILES string of the molecule is COCC(C)Oc1ccc(C/C(C)=N/O)cc1. The topological polar surface area (TPSA) is 51.0 Å². The summed E-state index contributed by atoms with van der Waals surface area (Å²) in [5.41, 5.74) is 1.78. The van der Waals surface area contributed by atoms with Gasteiger partial charge in [0.1, 0.15) is 11.9 Å². The minimum atomic E-state index is 0.0339. The van der Waals surface area contributed by atoms with E-state index in [9.17, 15) is 0 Å². The molecule has 0 aliphatic carbocycles. The van der Waals surface area contributed by atoms with Gasteiger partial charge >= 0.3 is 0 Å². The van der Waals surface area contributed by atoms with Gasteiger partial charge in [0.25, 0.3) is 0 Å². The molecular weight excluding hydrogens is 218 g/mol. The summed E-state index contributed by atoms with van der Waals surface area (Å²) in [5.74, 6) is 0.817. The normalized spacial score (nSPS) is 13.5. The lowest BCUT2D eigenvalue weighted by molar-refractivity contribution is 0.0921. The highest BCUT2D eigenvalue weighted by molar-refractivity contribution is 5.83. The molecule has 1 rings (SSSR count). The Morgan fingerprint density at radius 1 is 1.35 bits per heavy atom. The van der Waals surface area contributed by atoms with Gasteiger partial charge in [-0.25, -0.2) is 0 Å². The molecule has 1 N–H and O–H groups in total. The Labute approximate surface area is 102 Å².